The van der Waals surface area contributed by atoms with Crippen molar-refractivity contribution in [3.8, 4) is 11.6 Å². The van der Waals surface area contributed by atoms with E-state index in [0.29, 0.717) is 29.3 Å². The van der Waals surface area contributed by atoms with Crippen molar-refractivity contribution in [2.75, 3.05) is 6.54 Å². The van der Waals surface area contributed by atoms with Crippen LogP contribution in [0, 0.1) is 0 Å². The average molecular weight is 406 g/mol. The molecule has 0 bridgehead atoms. The van der Waals surface area contributed by atoms with Crippen LogP contribution in [0.25, 0.3) is 11.6 Å². The maximum Gasteiger partial charge on any atom is 0.236 e. The molecule has 28 heavy (non-hydrogen) atoms. The molecule has 152 valence electrons. The quantitative estimate of drug-likeness (QED) is 0.677. The number of furan rings is 1. The van der Waals surface area contributed by atoms with Gasteiger partial charge in [-0.25, -0.2) is 0 Å². The predicted octanol–water partition coefficient (Wildman–Crippen LogP) is 2.69. The number of hydrogen-bond acceptors (Lipinski definition) is 6. The largest absolute Gasteiger partial charge is 0.461 e. The van der Waals surface area contributed by atoms with E-state index in [1.54, 1.807) is 23.0 Å². The van der Waals surface area contributed by atoms with Crippen LogP contribution in [0.15, 0.2) is 28.0 Å². The molecule has 2 aromatic rings. The smallest absolute Gasteiger partial charge is 0.236 e. The molecule has 0 aromatic carbocycles. The molecule has 0 radical (unpaired) electrons. The summed E-state index contributed by atoms with van der Waals surface area (Å²) in [5.74, 6) is 0.807. The van der Waals surface area contributed by atoms with E-state index in [2.05, 4.69) is 17.1 Å². The van der Waals surface area contributed by atoms with Gasteiger partial charge in [0.1, 0.15) is 0 Å². The van der Waals surface area contributed by atoms with Crippen molar-refractivity contribution in [1.29, 1.82) is 0 Å². The summed E-state index contributed by atoms with van der Waals surface area (Å²) in [6.07, 6.45) is 5.99. The van der Waals surface area contributed by atoms with Crippen LogP contribution in [0.4, 0.5) is 0 Å². The van der Waals surface area contributed by atoms with Gasteiger partial charge in [-0.1, -0.05) is 18.7 Å². The lowest BCUT2D eigenvalue weighted by Crippen LogP contribution is -2.46. The van der Waals surface area contributed by atoms with Gasteiger partial charge in [0.05, 0.1) is 11.5 Å². The number of amides is 2. The minimum absolute atomic E-state index is 0.126. The summed E-state index contributed by atoms with van der Waals surface area (Å²) in [7, 11) is 0. The summed E-state index contributed by atoms with van der Waals surface area (Å²) in [6.45, 7) is 5.18. The zero-order chi connectivity index (χ0) is 20.1. The van der Waals surface area contributed by atoms with E-state index in [9.17, 15) is 9.59 Å². The van der Waals surface area contributed by atoms with Crippen molar-refractivity contribution >= 4 is 23.6 Å². The topological polar surface area (TPSA) is 107 Å². The molecule has 1 aliphatic heterocycles. The zero-order valence-electron chi connectivity index (χ0n) is 16.3. The van der Waals surface area contributed by atoms with Crippen LogP contribution in [0.5, 0.6) is 0 Å². The lowest BCUT2D eigenvalue weighted by atomic mass is 10.00. The molecule has 2 unspecified atom stereocenters. The summed E-state index contributed by atoms with van der Waals surface area (Å²) in [4.78, 5) is 26.3. The second-order valence-electron chi connectivity index (χ2n) is 7.00. The second-order valence-corrected chi connectivity index (χ2v) is 8.31. The Morgan fingerprint density at radius 1 is 1.39 bits per heavy atom. The number of thioether (sulfide) groups is 1. The first-order chi connectivity index (χ1) is 13.5. The van der Waals surface area contributed by atoms with Gasteiger partial charge < -0.3 is 15.1 Å². The molecule has 9 heteroatoms. The number of likely N-dealkylation sites (tertiary alicyclic amines) is 1. The minimum Gasteiger partial charge on any atom is -0.461 e. The minimum atomic E-state index is -0.404. The van der Waals surface area contributed by atoms with E-state index in [-0.39, 0.29) is 17.6 Å². The number of carbonyl (C=O) groups excluding carboxylic acids is 2. The Balaban J connectivity index is 1.78. The molecular formula is C19H27N5O3S. The Hall–Kier alpha value is -2.29. The lowest BCUT2D eigenvalue weighted by molar-refractivity contribution is -0.134. The third kappa shape index (κ3) is 4.57. The van der Waals surface area contributed by atoms with Crippen LogP contribution in [-0.2, 0) is 16.1 Å². The number of nitrogens with two attached hydrogens (primary N) is 1. The summed E-state index contributed by atoms with van der Waals surface area (Å²) in [5.41, 5.74) is 5.32. The monoisotopic (exact) mass is 405 g/mol. The van der Waals surface area contributed by atoms with E-state index in [1.165, 1.54) is 18.2 Å². The third-order valence-corrected chi connectivity index (χ3v) is 6.12. The van der Waals surface area contributed by atoms with Crippen LogP contribution >= 0.6 is 11.8 Å². The van der Waals surface area contributed by atoms with Crippen molar-refractivity contribution in [2.45, 2.75) is 68.9 Å². The van der Waals surface area contributed by atoms with Gasteiger partial charge in [0.15, 0.2) is 16.7 Å². The second kappa shape index (κ2) is 9.27. The zero-order valence-corrected chi connectivity index (χ0v) is 17.2. The van der Waals surface area contributed by atoms with Crippen LogP contribution in [-0.4, -0.2) is 49.3 Å². The maximum absolute atomic E-state index is 13.0. The Morgan fingerprint density at radius 2 is 2.21 bits per heavy atom. The number of primary amides is 1. The van der Waals surface area contributed by atoms with Crippen LogP contribution in [0.2, 0.25) is 0 Å². The molecule has 2 aromatic heterocycles. The van der Waals surface area contributed by atoms with Gasteiger partial charge in [0.2, 0.25) is 11.8 Å². The SMILES string of the molecule is CCC1CCCCN1C(=O)C(C)Sc1nnc(-c2ccco2)n1CCC(N)=O. The fraction of sp³-hybridized carbons (Fsp3) is 0.579. The molecule has 2 N–H and O–H groups in total. The summed E-state index contributed by atoms with van der Waals surface area (Å²) in [6, 6.07) is 3.87. The number of nitrogens with zero attached hydrogens (tertiary/aromatic N) is 4. The molecule has 3 heterocycles. The first kappa shape index (κ1) is 20.4. The van der Waals surface area contributed by atoms with Gasteiger partial charge in [-0.15, -0.1) is 10.2 Å². The highest BCUT2D eigenvalue weighted by Crippen LogP contribution is 2.30. The summed E-state index contributed by atoms with van der Waals surface area (Å²) < 4.78 is 7.23. The molecule has 0 saturated carbocycles. The molecule has 8 nitrogen and oxygen atoms in total. The van der Waals surface area contributed by atoms with Gasteiger partial charge in [-0.05, 0) is 44.7 Å². The highest BCUT2D eigenvalue weighted by atomic mass is 32.2. The molecule has 3 rings (SSSR count). The molecule has 1 aliphatic rings. The van der Waals surface area contributed by atoms with Crippen molar-refractivity contribution in [3.05, 3.63) is 18.4 Å². The fourth-order valence-electron chi connectivity index (χ4n) is 3.54. The van der Waals surface area contributed by atoms with Gasteiger partial charge in [-0.2, -0.15) is 0 Å². The van der Waals surface area contributed by atoms with Crippen molar-refractivity contribution in [3.63, 3.8) is 0 Å². The molecule has 2 amide bonds. The molecule has 2 atom stereocenters. The van der Waals surface area contributed by atoms with Crippen LogP contribution in [0.3, 0.4) is 0 Å². The van der Waals surface area contributed by atoms with Gasteiger partial charge in [0.25, 0.3) is 0 Å². The Labute approximate surface area is 168 Å². The maximum atomic E-state index is 13.0. The molecule has 1 fully saturated rings. The molecular weight excluding hydrogens is 378 g/mol. The predicted molar refractivity (Wildman–Crippen MR) is 106 cm³/mol. The number of carbonyl (C=O) groups is 2. The fourth-order valence-corrected chi connectivity index (χ4v) is 4.49. The summed E-state index contributed by atoms with van der Waals surface area (Å²) >= 11 is 1.36. The van der Waals surface area contributed by atoms with E-state index in [1.807, 2.05) is 11.8 Å². The Bertz CT molecular complexity index is 805. The first-order valence-corrected chi connectivity index (χ1v) is 10.6. The van der Waals surface area contributed by atoms with E-state index in [4.69, 9.17) is 10.2 Å². The standard InChI is InChI=1S/C19H27N5O3S/c1-3-14-7-4-5-10-23(14)18(26)13(2)28-19-22-21-17(15-8-6-12-27-15)24(19)11-9-16(20)25/h6,8,12-14H,3-5,7,9-11H2,1-2H3,(H2,20,25). The van der Waals surface area contributed by atoms with E-state index in [0.717, 1.165) is 25.8 Å². The van der Waals surface area contributed by atoms with Crippen molar-refractivity contribution in [2.24, 2.45) is 5.73 Å². The number of piperidine rings is 1. The van der Waals surface area contributed by atoms with Crippen LogP contribution in [0.1, 0.15) is 46.0 Å². The number of hydrogen-bond donors (Lipinski definition) is 1. The Morgan fingerprint density at radius 3 is 2.89 bits per heavy atom. The number of aromatic nitrogens is 3. The molecule has 0 aliphatic carbocycles. The molecule has 0 spiro atoms. The van der Waals surface area contributed by atoms with Gasteiger partial charge in [-0.3, -0.25) is 14.2 Å². The lowest BCUT2D eigenvalue weighted by Gasteiger charge is -2.36. The highest BCUT2D eigenvalue weighted by molar-refractivity contribution is 8.00. The first-order valence-electron chi connectivity index (χ1n) is 9.73. The van der Waals surface area contributed by atoms with Crippen molar-refractivity contribution < 1.29 is 14.0 Å². The van der Waals surface area contributed by atoms with Crippen LogP contribution < -0.4 is 5.73 Å². The summed E-state index contributed by atoms with van der Waals surface area (Å²) in [5, 5.41) is 8.75. The normalized spacial score (nSPS) is 18.2. The molecule has 1 saturated heterocycles. The van der Waals surface area contributed by atoms with E-state index >= 15 is 0 Å². The van der Waals surface area contributed by atoms with Gasteiger partial charge >= 0.3 is 0 Å². The average Bonchev–Trinajstić information content (AvgIpc) is 3.35. The third-order valence-electron chi connectivity index (χ3n) is 5.05. The van der Waals surface area contributed by atoms with Crippen molar-refractivity contribution in [1.82, 2.24) is 19.7 Å². The Kier molecular flexibility index (Phi) is 6.77. The van der Waals surface area contributed by atoms with Gasteiger partial charge in [0, 0.05) is 25.6 Å². The number of rotatable bonds is 8. The van der Waals surface area contributed by atoms with E-state index < -0.39 is 5.91 Å². The highest BCUT2D eigenvalue weighted by Gasteiger charge is 2.30.